The summed E-state index contributed by atoms with van der Waals surface area (Å²) < 4.78 is 64.2. The minimum absolute atomic E-state index is 0.0880. The number of hydrogen-bond acceptors (Lipinski definition) is 8. The summed E-state index contributed by atoms with van der Waals surface area (Å²) in [5, 5.41) is 0. The van der Waals surface area contributed by atoms with Crippen LogP contribution in [0.25, 0.3) is 0 Å². The van der Waals surface area contributed by atoms with E-state index in [1.807, 2.05) is 152 Å². The Morgan fingerprint density at radius 3 is 1.38 bits per heavy atom. The van der Waals surface area contributed by atoms with Crippen LogP contribution in [0.4, 0.5) is 0 Å². The summed E-state index contributed by atoms with van der Waals surface area (Å²) in [6.07, 6.45) is -3.81. The van der Waals surface area contributed by atoms with Crippen LogP contribution in [0.3, 0.4) is 0 Å². The fraction of sp³-hybridized carbons (Fsp3) is 0.268. The van der Waals surface area contributed by atoms with Crippen LogP contribution in [0, 0.1) is 0 Å². The van der Waals surface area contributed by atoms with Crippen molar-refractivity contribution in [3.05, 3.63) is 179 Å². The molecule has 0 saturated carbocycles. The van der Waals surface area contributed by atoms with Gasteiger partial charge in [-0.15, -0.1) is 0 Å². The zero-order chi connectivity index (χ0) is 34.8. The molecule has 0 aromatic heterocycles. The molecule has 5 aromatic rings. The van der Waals surface area contributed by atoms with Crippen LogP contribution in [0.1, 0.15) is 27.8 Å². The van der Waals surface area contributed by atoms with E-state index in [9.17, 15) is 8.42 Å². The van der Waals surface area contributed by atoms with Crippen LogP contribution in [-0.4, -0.2) is 59.1 Å². The van der Waals surface area contributed by atoms with E-state index >= 15 is 0 Å². The predicted octanol–water partition coefficient (Wildman–Crippen LogP) is 6.88. The van der Waals surface area contributed by atoms with Crippen molar-refractivity contribution in [3.63, 3.8) is 0 Å². The summed E-state index contributed by atoms with van der Waals surface area (Å²) in [4.78, 5) is 0. The normalized spacial score (nSPS) is 21.1. The fourth-order valence-electron chi connectivity index (χ4n) is 6.40. The third-order valence-electron chi connectivity index (χ3n) is 8.69. The molecule has 0 bridgehead atoms. The SMILES string of the molecule is CO[C@H]1O[C@H](COC(c2ccccc2)(c2ccccc2)c2ccccc2)[C@@H](OS(C)(=O)=O)[C@H](OCc2ccccc2)[C@H]1OCc1ccccc1. The second-order valence-corrected chi connectivity index (χ2v) is 13.8. The number of ether oxygens (including phenoxy) is 5. The van der Waals surface area contributed by atoms with Crippen LogP contribution >= 0.6 is 0 Å². The average Bonchev–Trinajstić information content (AvgIpc) is 3.15. The molecule has 1 heterocycles. The molecule has 1 fully saturated rings. The Morgan fingerprint density at radius 1 is 0.580 bits per heavy atom. The molecule has 50 heavy (non-hydrogen) atoms. The Morgan fingerprint density at radius 2 is 0.980 bits per heavy atom. The number of methoxy groups -OCH3 is 1. The van der Waals surface area contributed by atoms with Crippen molar-refractivity contribution in [2.75, 3.05) is 20.0 Å². The Hall–Kier alpha value is -4.19. The highest BCUT2D eigenvalue weighted by atomic mass is 32.2. The molecule has 0 aliphatic carbocycles. The van der Waals surface area contributed by atoms with Gasteiger partial charge in [0.2, 0.25) is 0 Å². The molecule has 260 valence electrons. The highest BCUT2D eigenvalue weighted by Crippen LogP contribution is 2.41. The lowest BCUT2D eigenvalue weighted by atomic mass is 9.80. The highest BCUT2D eigenvalue weighted by Gasteiger charge is 2.51. The van der Waals surface area contributed by atoms with Crippen LogP contribution in [0.2, 0.25) is 0 Å². The lowest BCUT2D eigenvalue weighted by Crippen LogP contribution is -2.62. The highest BCUT2D eigenvalue weighted by molar-refractivity contribution is 7.86. The lowest BCUT2D eigenvalue weighted by molar-refractivity contribution is -0.313. The number of hydrogen-bond donors (Lipinski definition) is 0. The maximum atomic E-state index is 12.9. The molecule has 8 nitrogen and oxygen atoms in total. The Bertz CT molecular complexity index is 1750. The van der Waals surface area contributed by atoms with Gasteiger partial charge in [-0.2, -0.15) is 8.42 Å². The standard InChI is InChI=1S/C41H42O8S/c1-44-40-39(46-29-32-20-10-4-11-21-32)38(45-28-31-18-8-3-9-19-31)37(49-50(2,42)43)36(48-40)30-47-41(33-22-12-5-13-23-33,34-24-14-6-15-25-34)35-26-16-7-17-27-35/h3-27,36-40H,28-30H2,1-2H3/t36-,37-,38+,39-,40+/m1/s1. The molecule has 5 aromatic carbocycles. The molecule has 0 N–H and O–H groups in total. The van der Waals surface area contributed by atoms with Crippen LogP contribution < -0.4 is 0 Å². The van der Waals surface area contributed by atoms with E-state index in [1.165, 1.54) is 7.11 Å². The number of rotatable bonds is 15. The van der Waals surface area contributed by atoms with E-state index in [-0.39, 0.29) is 19.8 Å². The molecular formula is C41H42O8S. The second kappa shape index (κ2) is 16.7. The van der Waals surface area contributed by atoms with E-state index in [4.69, 9.17) is 27.9 Å². The van der Waals surface area contributed by atoms with Crippen molar-refractivity contribution in [2.24, 2.45) is 0 Å². The van der Waals surface area contributed by atoms with Gasteiger partial charge in [-0.05, 0) is 27.8 Å². The van der Waals surface area contributed by atoms with Gasteiger partial charge in [-0.25, -0.2) is 0 Å². The van der Waals surface area contributed by atoms with Crippen molar-refractivity contribution in [2.45, 2.75) is 49.5 Å². The van der Waals surface area contributed by atoms with E-state index in [0.717, 1.165) is 34.1 Å². The van der Waals surface area contributed by atoms with Gasteiger partial charge in [0.05, 0.1) is 26.1 Å². The second-order valence-electron chi connectivity index (χ2n) is 12.2. The summed E-state index contributed by atoms with van der Waals surface area (Å²) >= 11 is 0. The topological polar surface area (TPSA) is 89.5 Å². The van der Waals surface area contributed by atoms with Gasteiger partial charge in [0, 0.05) is 7.11 Å². The summed E-state index contributed by atoms with van der Waals surface area (Å²) in [5.41, 5.74) is 3.39. The first-order chi connectivity index (χ1) is 24.4. The number of benzene rings is 5. The molecule has 0 unspecified atom stereocenters. The Kier molecular flexibility index (Phi) is 11.9. The molecule has 0 amide bonds. The van der Waals surface area contributed by atoms with Gasteiger partial charge in [0.1, 0.15) is 30.0 Å². The minimum Gasteiger partial charge on any atom is -0.368 e. The van der Waals surface area contributed by atoms with Gasteiger partial charge in [-0.3, -0.25) is 4.18 Å². The van der Waals surface area contributed by atoms with Crippen LogP contribution in [0.15, 0.2) is 152 Å². The Balaban J connectivity index is 1.40. The van der Waals surface area contributed by atoms with Gasteiger partial charge < -0.3 is 23.7 Å². The van der Waals surface area contributed by atoms with E-state index in [1.54, 1.807) is 0 Å². The minimum atomic E-state index is -4.01. The summed E-state index contributed by atoms with van der Waals surface area (Å²) in [7, 11) is -2.49. The zero-order valence-electron chi connectivity index (χ0n) is 28.1. The fourth-order valence-corrected chi connectivity index (χ4v) is 7.03. The maximum absolute atomic E-state index is 12.9. The third kappa shape index (κ3) is 8.57. The van der Waals surface area contributed by atoms with Crippen molar-refractivity contribution in [1.82, 2.24) is 0 Å². The molecule has 0 spiro atoms. The molecular weight excluding hydrogens is 653 g/mol. The average molecular weight is 695 g/mol. The van der Waals surface area contributed by atoms with Crippen molar-refractivity contribution in [3.8, 4) is 0 Å². The third-order valence-corrected chi connectivity index (χ3v) is 9.26. The zero-order valence-corrected chi connectivity index (χ0v) is 28.9. The van der Waals surface area contributed by atoms with Gasteiger partial charge in [0.25, 0.3) is 10.1 Å². The molecule has 5 atom stereocenters. The van der Waals surface area contributed by atoms with E-state index in [2.05, 4.69) is 0 Å². The molecule has 6 rings (SSSR count). The smallest absolute Gasteiger partial charge is 0.264 e. The lowest BCUT2D eigenvalue weighted by Gasteiger charge is -2.46. The largest absolute Gasteiger partial charge is 0.368 e. The first-order valence-corrected chi connectivity index (χ1v) is 18.4. The van der Waals surface area contributed by atoms with Crippen molar-refractivity contribution in [1.29, 1.82) is 0 Å². The summed E-state index contributed by atoms with van der Waals surface area (Å²) in [6.45, 7) is 0.299. The van der Waals surface area contributed by atoms with E-state index < -0.39 is 46.4 Å². The first-order valence-electron chi connectivity index (χ1n) is 16.6. The monoisotopic (exact) mass is 694 g/mol. The first kappa shape index (κ1) is 35.6. The van der Waals surface area contributed by atoms with Crippen molar-refractivity contribution < 1.29 is 36.3 Å². The quantitative estimate of drug-likeness (QED) is 0.0866. The summed E-state index contributed by atoms with van der Waals surface area (Å²) in [6, 6.07) is 49.1. The van der Waals surface area contributed by atoms with Crippen molar-refractivity contribution >= 4 is 10.1 Å². The van der Waals surface area contributed by atoms with Crippen LogP contribution in [-0.2, 0) is 56.8 Å². The van der Waals surface area contributed by atoms with E-state index in [0.29, 0.717) is 0 Å². The van der Waals surface area contributed by atoms with Gasteiger partial charge in [0.15, 0.2) is 6.29 Å². The van der Waals surface area contributed by atoms with Gasteiger partial charge >= 0.3 is 0 Å². The molecule has 9 heteroatoms. The van der Waals surface area contributed by atoms with Gasteiger partial charge in [-0.1, -0.05) is 152 Å². The molecule has 1 aliphatic heterocycles. The molecule has 1 aliphatic rings. The Labute approximate surface area is 294 Å². The van der Waals surface area contributed by atoms with Crippen LogP contribution in [0.5, 0.6) is 0 Å². The predicted molar refractivity (Wildman–Crippen MR) is 191 cm³/mol. The summed E-state index contributed by atoms with van der Waals surface area (Å²) in [5.74, 6) is 0. The molecule has 0 radical (unpaired) electrons. The maximum Gasteiger partial charge on any atom is 0.264 e. The molecule has 1 saturated heterocycles.